The molecule has 0 saturated carbocycles. The molecule has 4 aromatic rings. The number of aryl methyl sites for hydroxylation is 2. The van der Waals surface area contributed by atoms with Crippen LogP contribution in [-0.2, 0) is 11.3 Å². The van der Waals surface area contributed by atoms with Crippen molar-refractivity contribution in [2.45, 2.75) is 25.5 Å². The van der Waals surface area contributed by atoms with E-state index in [1.165, 1.54) is 23.9 Å². The maximum absolute atomic E-state index is 14.0. The van der Waals surface area contributed by atoms with Crippen LogP contribution in [0.4, 0.5) is 10.1 Å². The monoisotopic (exact) mass is 519 g/mol. The number of nitrogens with one attached hydrogen (secondary N) is 2. The Morgan fingerprint density at radius 2 is 1.81 bits per heavy atom. The van der Waals surface area contributed by atoms with Crippen molar-refractivity contribution in [2.24, 2.45) is 0 Å². The Hall–Kier alpha value is -4.18. The van der Waals surface area contributed by atoms with Crippen LogP contribution in [-0.4, -0.2) is 39.4 Å². The Balaban J connectivity index is 1.50. The number of carbonyl (C=O) groups excluding carboxylic acids is 2. The highest BCUT2D eigenvalue weighted by atomic mass is 32.2. The van der Waals surface area contributed by atoms with Crippen molar-refractivity contribution in [1.82, 2.24) is 20.1 Å². The van der Waals surface area contributed by atoms with Gasteiger partial charge in [-0.15, -0.1) is 10.2 Å². The summed E-state index contributed by atoms with van der Waals surface area (Å²) < 4.78 is 20.8. The van der Waals surface area contributed by atoms with E-state index >= 15 is 0 Å². The molecule has 0 saturated heterocycles. The summed E-state index contributed by atoms with van der Waals surface area (Å²) in [6, 6.07) is 18.5. The van der Waals surface area contributed by atoms with Crippen LogP contribution < -0.4 is 15.4 Å². The average Bonchev–Trinajstić information content (AvgIpc) is 3.31. The van der Waals surface area contributed by atoms with Crippen LogP contribution in [0.15, 0.2) is 71.9 Å². The molecule has 1 aromatic heterocycles. The number of hydrogen-bond acceptors (Lipinski definition) is 6. The standard InChI is InChI=1S/C27H26FN5O3S/c1-17-7-8-18(2)23(13-17)30-25(34)16-37-27-32-31-24(33(27)21-6-4-5-20(28)14-21)15-29-26(35)19-9-11-22(36-3)12-10-19/h4-14H,15-16H2,1-3H3,(H,29,35)(H,30,34). The third kappa shape index (κ3) is 6.53. The lowest BCUT2D eigenvalue weighted by molar-refractivity contribution is -0.113. The number of hydrogen-bond donors (Lipinski definition) is 2. The predicted molar refractivity (Wildman–Crippen MR) is 141 cm³/mol. The van der Waals surface area contributed by atoms with E-state index in [0.29, 0.717) is 28.0 Å². The highest BCUT2D eigenvalue weighted by Crippen LogP contribution is 2.24. The van der Waals surface area contributed by atoms with Crippen molar-refractivity contribution in [3.63, 3.8) is 0 Å². The third-order valence-corrected chi connectivity index (χ3v) is 6.45. The number of aromatic nitrogens is 3. The van der Waals surface area contributed by atoms with E-state index in [4.69, 9.17) is 4.74 Å². The van der Waals surface area contributed by atoms with Gasteiger partial charge in [0.25, 0.3) is 5.91 Å². The maximum Gasteiger partial charge on any atom is 0.251 e. The Bertz CT molecular complexity index is 1420. The minimum atomic E-state index is -0.428. The van der Waals surface area contributed by atoms with E-state index < -0.39 is 5.82 Å². The van der Waals surface area contributed by atoms with Crippen molar-refractivity contribution in [2.75, 3.05) is 18.2 Å². The van der Waals surface area contributed by atoms with Crippen LogP contribution in [0.2, 0.25) is 0 Å². The first-order valence-electron chi connectivity index (χ1n) is 11.5. The summed E-state index contributed by atoms with van der Waals surface area (Å²) in [4.78, 5) is 25.3. The zero-order valence-corrected chi connectivity index (χ0v) is 21.4. The second-order valence-corrected chi connectivity index (χ2v) is 9.22. The largest absolute Gasteiger partial charge is 0.497 e. The molecule has 3 aromatic carbocycles. The van der Waals surface area contributed by atoms with Crippen molar-refractivity contribution in [1.29, 1.82) is 0 Å². The SMILES string of the molecule is COc1ccc(C(=O)NCc2nnc(SCC(=O)Nc3cc(C)ccc3C)n2-c2cccc(F)c2)cc1. The number of ether oxygens (including phenoxy) is 1. The van der Waals surface area contributed by atoms with Gasteiger partial charge in [0.1, 0.15) is 11.6 Å². The van der Waals surface area contributed by atoms with Crippen molar-refractivity contribution in [3.05, 3.63) is 95.1 Å². The number of nitrogens with zero attached hydrogens (tertiary/aromatic N) is 3. The number of methoxy groups -OCH3 is 1. The number of rotatable bonds is 9. The Morgan fingerprint density at radius 1 is 1.03 bits per heavy atom. The number of halogens is 1. The normalized spacial score (nSPS) is 10.7. The van der Waals surface area contributed by atoms with Gasteiger partial charge in [-0.2, -0.15) is 0 Å². The smallest absolute Gasteiger partial charge is 0.251 e. The molecule has 0 aliphatic heterocycles. The first-order valence-corrected chi connectivity index (χ1v) is 12.4. The number of amides is 2. The number of thioether (sulfide) groups is 1. The lowest BCUT2D eigenvalue weighted by Gasteiger charge is -2.12. The molecule has 0 radical (unpaired) electrons. The van der Waals surface area contributed by atoms with E-state index in [0.717, 1.165) is 16.8 Å². The molecule has 0 spiro atoms. The second-order valence-electron chi connectivity index (χ2n) is 8.28. The number of benzene rings is 3. The van der Waals surface area contributed by atoms with Crippen molar-refractivity contribution < 1.29 is 18.7 Å². The van der Waals surface area contributed by atoms with Crippen LogP contribution in [0.25, 0.3) is 5.69 Å². The Morgan fingerprint density at radius 3 is 2.54 bits per heavy atom. The summed E-state index contributed by atoms with van der Waals surface area (Å²) in [5.41, 5.74) is 3.69. The summed E-state index contributed by atoms with van der Waals surface area (Å²) in [6.45, 7) is 3.93. The molecule has 8 nitrogen and oxygen atoms in total. The minimum Gasteiger partial charge on any atom is -0.497 e. The van der Waals surface area contributed by atoms with Gasteiger partial charge in [-0.1, -0.05) is 30.0 Å². The van der Waals surface area contributed by atoms with Crippen molar-refractivity contribution >= 4 is 29.3 Å². The van der Waals surface area contributed by atoms with Crippen LogP contribution in [0.5, 0.6) is 5.75 Å². The number of carbonyl (C=O) groups is 2. The van der Waals surface area contributed by atoms with E-state index in [-0.39, 0.29) is 24.1 Å². The summed E-state index contributed by atoms with van der Waals surface area (Å²) in [6.07, 6.45) is 0. The van der Waals surface area contributed by atoms with Crippen LogP contribution in [0.3, 0.4) is 0 Å². The summed E-state index contributed by atoms with van der Waals surface area (Å²) in [7, 11) is 1.55. The molecule has 2 amide bonds. The molecule has 190 valence electrons. The van der Waals surface area contributed by atoms with Gasteiger partial charge in [0.15, 0.2) is 11.0 Å². The van der Waals surface area contributed by atoms with Crippen LogP contribution >= 0.6 is 11.8 Å². The quantitative estimate of drug-likeness (QED) is 0.311. The summed E-state index contributed by atoms with van der Waals surface area (Å²) in [5.74, 6) is 0.165. The molecule has 0 unspecified atom stereocenters. The maximum atomic E-state index is 14.0. The molecule has 37 heavy (non-hydrogen) atoms. The zero-order chi connectivity index (χ0) is 26.4. The van der Waals surface area contributed by atoms with Gasteiger partial charge >= 0.3 is 0 Å². The summed E-state index contributed by atoms with van der Waals surface area (Å²) in [5, 5.41) is 14.6. The highest BCUT2D eigenvalue weighted by molar-refractivity contribution is 7.99. The molecule has 1 heterocycles. The van der Waals surface area contributed by atoms with Gasteiger partial charge in [-0.3, -0.25) is 14.2 Å². The molecule has 0 fully saturated rings. The summed E-state index contributed by atoms with van der Waals surface area (Å²) >= 11 is 1.17. The molecule has 0 bridgehead atoms. The first-order chi connectivity index (χ1) is 17.8. The number of anilines is 1. The highest BCUT2D eigenvalue weighted by Gasteiger charge is 2.18. The van der Waals surface area contributed by atoms with Crippen LogP contribution in [0.1, 0.15) is 27.3 Å². The molecule has 0 aliphatic carbocycles. The van der Waals surface area contributed by atoms with E-state index in [1.54, 1.807) is 48.1 Å². The molecular formula is C27H26FN5O3S. The van der Waals surface area contributed by atoms with Gasteiger partial charge in [-0.25, -0.2) is 4.39 Å². The molecule has 0 atom stereocenters. The molecule has 0 aliphatic rings. The fourth-order valence-corrected chi connectivity index (χ4v) is 4.34. The van der Waals surface area contributed by atoms with E-state index in [2.05, 4.69) is 20.8 Å². The fourth-order valence-electron chi connectivity index (χ4n) is 3.57. The zero-order valence-electron chi connectivity index (χ0n) is 20.6. The van der Waals surface area contributed by atoms with Crippen LogP contribution in [0, 0.1) is 19.7 Å². The third-order valence-electron chi connectivity index (χ3n) is 5.53. The topological polar surface area (TPSA) is 98.1 Å². The lowest BCUT2D eigenvalue weighted by Crippen LogP contribution is -2.24. The van der Waals surface area contributed by atoms with Gasteiger partial charge in [0.2, 0.25) is 5.91 Å². The van der Waals surface area contributed by atoms with Gasteiger partial charge in [0, 0.05) is 11.3 Å². The van der Waals surface area contributed by atoms with Crippen molar-refractivity contribution in [3.8, 4) is 11.4 Å². The van der Waals surface area contributed by atoms with E-state index in [9.17, 15) is 14.0 Å². The first kappa shape index (κ1) is 25.9. The average molecular weight is 520 g/mol. The second kappa shape index (κ2) is 11.7. The Labute approximate surface area is 218 Å². The van der Waals surface area contributed by atoms with E-state index in [1.807, 2.05) is 32.0 Å². The molecular weight excluding hydrogens is 493 g/mol. The van der Waals surface area contributed by atoms with Gasteiger partial charge in [0.05, 0.1) is 25.1 Å². The molecule has 4 rings (SSSR count). The predicted octanol–water partition coefficient (Wildman–Crippen LogP) is 4.69. The molecule has 2 N–H and O–H groups in total. The lowest BCUT2D eigenvalue weighted by atomic mass is 10.1. The van der Waals surface area contributed by atoms with Gasteiger partial charge < -0.3 is 15.4 Å². The fraction of sp³-hybridized carbons (Fsp3) is 0.185. The molecule has 10 heteroatoms. The minimum absolute atomic E-state index is 0.0453. The Kier molecular flexibility index (Phi) is 8.19. The van der Waals surface area contributed by atoms with Gasteiger partial charge in [-0.05, 0) is 73.5 Å².